The molecule has 7 nitrogen and oxygen atoms in total. The summed E-state index contributed by atoms with van der Waals surface area (Å²) in [6.07, 6.45) is 0. The SMILES string of the molecule is CCN(CC(=O)Nc1cc(C(C)(C)C)nn1-c1ccccc1Cl)C(=O)Nc1cccc(F)c1. The summed E-state index contributed by atoms with van der Waals surface area (Å²) >= 11 is 6.37. The molecule has 0 aliphatic rings. The Bertz CT molecular complexity index is 1160. The number of carbonyl (C=O) groups is 2. The Labute approximate surface area is 197 Å². The zero-order valence-corrected chi connectivity index (χ0v) is 19.8. The summed E-state index contributed by atoms with van der Waals surface area (Å²) in [5.41, 5.74) is 1.45. The number of carbonyl (C=O) groups excluding carboxylic acids is 2. The van der Waals surface area contributed by atoms with Crippen LogP contribution in [0, 0.1) is 5.82 Å². The highest BCUT2D eigenvalue weighted by Gasteiger charge is 2.23. The lowest BCUT2D eigenvalue weighted by atomic mass is 9.92. The van der Waals surface area contributed by atoms with Crippen molar-refractivity contribution in [2.75, 3.05) is 23.7 Å². The average Bonchev–Trinajstić information content (AvgIpc) is 3.16. The zero-order chi connectivity index (χ0) is 24.2. The Kier molecular flexibility index (Phi) is 7.38. The van der Waals surface area contributed by atoms with Crippen LogP contribution in [0.3, 0.4) is 0 Å². The lowest BCUT2D eigenvalue weighted by molar-refractivity contribution is -0.116. The predicted molar refractivity (Wildman–Crippen MR) is 129 cm³/mol. The molecule has 9 heteroatoms. The number of nitrogens with zero attached hydrogens (tertiary/aromatic N) is 3. The van der Waals surface area contributed by atoms with Crippen LogP contribution in [0.15, 0.2) is 54.6 Å². The molecule has 0 unspecified atom stereocenters. The van der Waals surface area contributed by atoms with Crippen molar-refractivity contribution in [3.05, 3.63) is 71.1 Å². The second kappa shape index (κ2) is 10.0. The van der Waals surface area contributed by atoms with E-state index >= 15 is 0 Å². The summed E-state index contributed by atoms with van der Waals surface area (Å²) in [5.74, 6) is -0.421. The summed E-state index contributed by atoms with van der Waals surface area (Å²) < 4.78 is 15.0. The summed E-state index contributed by atoms with van der Waals surface area (Å²) in [5, 5.41) is 10.6. The highest BCUT2D eigenvalue weighted by atomic mass is 35.5. The minimum Gasteiger partial charge on any atom is -0.315 e. The number of urea groups is 1. The van der Waals surface area contributed by atoms with Crippen LogP contribution in [0.25, 0.3) is 5.69 Å². The number of para-hydroxylation sites is 1. The van der Waals surface area contributed by atoms with Gasteiger partial charge in [-0.1, -0.05) is 50.6 Å². The van der Waals surface area contributed by atoms with Crippen LogP contribution >= 0.6 is 11.6 Å². The van der Waals surface area contributed by atoms with Gasteiger partial charge in [-0.2, -0.15) is 5.10 Å². The van der Waals surface area contributed by atoms with Gasteiger partial charge in [-0.3, -0.25) is 4.79 Å². The molecule has 33 heavy (non-hydrogen) atoms. The molecule has 0 aliphatic heterocycles. The first kappa shape index (κ1) is 24.3. The third kappa shape index (κ3) is 6.10. The van der Waals surface area contributed by atoms with E-state index < -0.39 is 17.8 Å². The number of likely N-dealkylation sites (N-methyl/N-ethyl adjacent to an activating group) is 1. The minimum atomic E-state index is -0.506. The van der Waals surface area contributed by atoms with Crippen LogP contribution in [0.2, 0.25) is 5.02 Å². The molecule has 1 aromatic heterocycles. The Hall–Kier alpha value is -3.39. The first-order valence-electron chi connectivity index (χ1n) is 10.5. The van der Waals surface area contributed by atoms with Crippen LogP contribution in [0.5, 0.6) is 0 Å². The maximum absolute atomic E-state index is 13.4. The number of hydrogen-bond acceptors (Lipinski definition) is 3. The number of aromatic nitrogens is 2. The first-order valence-corrected chi connectivity index (χ1v) is 10.9. The van der Waals surface area contributed by atoms with Gasteiger partial charge in [-0.15, -0.1) is 0 Å². The number of rotatable bonds is 6. The Morgan fingerprint density at radius 1 is 1.09 bits per heavy atom. The molecule has 3 amide bonds. The van der Waals surface area contributed by atoms with Gasteiger partial charge in [-0.25, -0.2) is 13.9 Å². The average molecular weight is 472 g/mol. The molecule has 0 saturated carbocycles. The van der Waals surface area contributed by atoms with Crippen molar-refractivity contribution in [3.8, 4) is 5.69 Å². The van der Waals surface area contributed by atoms with E-state index in [1.807, 2.05) is 39.0 Å². The Morgan fingerprint density at radius 2 is 1.82 bits per heavy atom. The van der Waals surface area contributed by atoms with Gasteiger partial charge in [0.1, 0.15) is 18.2 Å². The van der Waals surface area contributed by atoms with Gasteiger partial charge in [0.2, 0.25) is 5.91 Å². The topological polar surface area (TPSA) is 79.3 Å². The molecule has 0 fully saturated rings. The van der Waals surface area contributed by atoms with Crippen molar-refractivity contribution in [2.24, 2.45) is 0 Å². The second-order valence-corrected chi connectivity index (χ2v) is 8.94. The molecule has 0 spiro atoms. The molecule has 0 saturated heterocycles. The highest BCUT2D eigenvalue weighted by Crippen LogP contribution is 2.29. The van der Waals surface area contributed by atoms with Crippen molar-refractivity contribution >= 4 is 35.0 Å². The maximum atomic E-state index is 13.4. The highest BCUT2D eigenvalue weighted by molar-refractivity contribution is 6.32. The van der Waals surface area contributed by atoms with Crippen molar-refractivity contribution < 1.29 is 14.0 Å². The third-order valence-electron chi connectivity index (χ3n) is 4.91. The monoisotopic (exact) mass is 471 g/mol. The lowest BCUT2D eigenvalue weighted by Crippen LogP contribution is -2.40. The van der Waals surface area contributed by atoms with Crippen molar-refractivity contribution in [1.82, 2.24) is 14.7 Å². The van der Waals surface area contributed by atoms with E-state index in [1.54, 1.807) is 29.8 Å². The van der Waals surface area contributed by atoms with Gasteiger partial charge in [-0.05, 0) is 37.3 Å². The lowest BCUT2D eigenvalue weighted by Gasteiger charge is -2.21. The van der Waals surface area contributed by atoms with Gasteiger partial charge in [0, 0.05) is 23.7 Å². The fourth-order valence-corrected chi connectivity index (χ4v) is 3.31. The minimum absolute atomic E-state index is 0.198. The number of halogens is 2. The first-order chi connectivity index (χ1) is 15.6. The van der Waals surface area contributed by atoms with Gasteiger partial charge < -0.3 is 15.5 Å². The van der Waals surface area contributed by atoms with Crippen molar-refractivity contribution in [1.29, 1.82) is 0 Å². The number of nitrogens with one attached hydrogen (secondary N) is 2. The molecule has 174 valence electrons. The summed E-state index contributed by atoms with van der Waals surface area (Å²) in [6.45, 7) is 7.90. The predicted octanol–water partition coefficient (Wildman–Crippen LogP) is 5.45. The fourth-order valence-electron chi connectivity index (χ4n) is 3.10. The van der Waals surface area contributed by atoms with E-state index in [1.165, 1.54) is 23.1 Å². The molecule has 3 rings (SSSR count). The van der Waals surface area contributed by atoms with Gasteiger partial charge in [0.15, 0.2) is 0 Å². The van der Waals surface area contributed by atoms with Crippen LogP contribution in [0.1, 0.15) is 33.4 Å². The van der Waals surface area contributed by atoms with Crippen LogP contribution < -0.4 is 10.6 Å². The number of benzene rings is 2. The van der Waals surface area contributed by atoms with E-state index in [0.717, 1.165) is 5.69 Å². The van der Waals surface area contributed by atoms with E-state index in [-0.39, 0.29) is 18.5 Å². The molecular weight excluding hydrogens is 445 g/mol. The molecule has 0 bridgehead atoms. The quantitative estimate of drug-likeness (QED) is 0.501. The molecule has 0 aliphatic carbocycles. The summed E-state index contributed by atoms with van der Waals surface area (Å²) in [6, 6.07) is 14.1. The number of hydrogen-bond donors (Lipinski definition) is 2. The Morgan fingerprint density at radius 3 is 2.45 bits per heavy atom. The van der Waals surface area contributed by atoms with Crippen LogP contribution in [-0.2, 0) is 10.2 Å². The van der Waals surface area contributed by atoms with E-state index in [4.69, 9.17) is 11.6 Å². The molecule has 1 heterocycles. The molecule has 0 atom stereocenters. The van der Waals surface area contributed by atoms with E-state index in [2.05, 4.69) is 15.7 Å². The van der Waals surface area contributed by atoms with Gasteiger partial charge in [0.25, 0.3) is 0 Å². The third-order valence-corrected chi connectivity index (χ3v) is 5.22. The molecule has 2 aromatic carbocycles. The summed E-state index contributed by atoms with van der Waals surface area (Å²) in [4.78, 5) is 26.8. The molecule has 2 N–H and O–H groups in total. The van der Waals surface area contributed by atoms with Crippen LogP contribution in [0.4, 0.5) is 20.7 Å². The largest absolute Gasteiger partial charge is 0.322 e. The number of anilines is 2. The smallest absolute Gasteiger partial charge is 0.315 e. The maximum Gasteiger partial charge on any atom is 0.322 e. The molecular formula is C24H27ClFN5O2. The van der Waals surface area contributed by atoms with Crippen LogP contribution in [-0.4, -0.2) is 39.7 Å². The number of amides is 3. The van der Waals surface area contributed by atoms with E-state index in [9.17, 15) is 14.0 Å². The van der Waals surface area contributed by atoms with Gasteiger partial charge >= 0.3 is 6.03 Å². The standard InChI is InChI=1S/C24H27ClFN5O2/c1-5-30(23(33)27-17-10-8-9-16(26)13-17)15-22(32)28-21-14-20(24(2,3)4)29-31(21)19-12-7-6-11-18(19)25/h6-14H,5,15H2,1-4H3,(H,27,33)(H,28,32). The summed E-state index contributed by atoms with van der Waals surface area (Å²) in [7, 11) is 0. The second-order valence-electron chi connectivity index (χ2n) is 8.53. The normalized spacial score (nSPS) is 11.2. The fraction of sp³-hybridized carbons (Fsp3) is 0.292. The van der Waals surface area contributed by atoms with Crippen molar-refractivity contribution in [3.63, 3.8) is 0 Å². The van der Waals surface area contributed by atoms with Crippen molar-refractivity contribution in [2.45, 2.75) is 33.1 Å². The van der Waals surface area contributed by atoms with Gasteiger partial charge in [0.05, 0.1) is 16.4 Å². The van der Waals surface area contributed by atoms with E-state index in [0.29, 0.717) is 22.2 Å². The Balaban J connectivity index is 1.79. The molecule has 0 radical (unpaired) electrons. The molecule has 3 aromatic rings. The zero-order valence-electron chi connectivity index (χ0n) is 19.0.